The standard InChI is InChI=1S/C25H41N3O8P2.2C2H6O.CH4.Fe/c1-3-25(38(34,35)36)27(16-20-10-4-6-13-23(20)29)18-22(12-8-9-15-26)28(19(2)37(31,32)33)17-21-11-5-7-14-24(21)30;2*1-2-3;;/h4-7,10-11,13-14,19,22,25,29-30H,3,8-9,12,15-18,26H2,1-2H3,(H2,31,32,33)(H2,34,35,36);2*3H,2H2,1H3;1H4;. The summed E-state index contributed by atoms with van der Waals surface area (Å²) < 4.78 is 25.0. The third-order valence-electron chi connectivity index (χ3n) is 6.76. The van der Waals surface area contributed by atoms with Gasteiger partial charge in [-0.15, -0.1) is 0 Å². The summed E-state index contributed by atoms with van der Waals surface area (Å²) in [6, 6.07) is 12.5. The van der Waals surface area contributed by atoms with Gasteiger partial charge in [0.1, 0.15) is 23.1 Å². The predicted molar refractivity (Wildman–Crippen MR) is 179 cm³/mol. The van der Waals surface area contributed by atoms with E-state index in [2.05, 4.69) is 0 Å². The van der Waals surface area contributed by atoms with Crippen molar-refractivity contribution < 1.29 is 66.2 Å². The summed E-state index contributed by atoms with van der Waals surface area (Å²) in [4.78, 5) is 43.8. The number of aromatic hydroxyl groups is 2. The maximum Gasteiger partial charge on any atom is 0.342 e. The molecule has 0 spiro atoms. The summed E-state index contributed by atoms with van der Waals surface area (Å²) in [5.41, 5.74) is 6.63. The SMILES string of the molecule is C.CCC(N(Cc1ccccc1O)CC(CCCCN)N(Cc1ccccc1O)C(C)P(=O)(O)O)P(=O)(O)O.CCO.CCO.[Fe]. The Morgan fingerprint density at radius 1 is 0.783 bits per heavy atom. The molecule has 10 N–H and O–H groups in total. The zero-order chi connectivity index (χ0) is 33.9. The van der Waals surface area contributed by atoms with Crippen molar-refractivity contribution in [3.63, 3.8) is 0 Å². The van der Waals surface area contributed by atoms with Crippen molar-refractivity contribution in [1.82, 2.24) is 9.80 Å². The van der Waals surface area contributed by atoms with Gasteiger partial charge in [0.2, 0.25) is 0 Å². The number of aliphatic hydroxyl groups excluding tert-OH is 2. The maximum atomic E-state index is 12.5. The average molecular weight is 738 g/mol. The van der Waals surface area contributed by atoms with Crippen molar-refractivity contribution in [3.8, 4) is 11.5 Å². The summed E-state index contributed by atoms with van der Waals surface area (Å²) in [6.45, 7) is 7.40. The Balaban J connectivity index is -0.00000214. The second kappa shape index (κ2) is 25.6. The van der Waals surface area contributed by atoms with Gasteiger partial charge in [-0.1, -0.05) is 57.2 Å². The summed E-state index contributed by atoms with van der Waals surface area (Å²) in [6.07, 6.45) is 1.81. The van der Waals surface area contributed by atoms with E-state index in [1.807, 2.05) is 0 Å². The molecule has 0 heterocycles. The number of rotatable bonds is 16. The number of unbranched alkanes of at least 4 members (excludes halogenated alkanes) is 1. The van der Waals surface area contributed by atoms with Gasteiger partial charge in [-0.2, -0.15) is 0 Å². The van der Waals surface area contributed by atoms with Gasteiger partial charge >= 0.3 is 15.2 Å². The molecule has 16 heteroatoms. The molecule has 0 aliphatic rings. The summed E-state index contributed by atoms with van der Waals surface area (Å²) in [5.74, 6) is -2.47. The molecule has 0 radical (unpaired) electrons. The van der Waals surface area contributed by atoms with Crippen LogP contribution >= 0.6 is 15.2 Å². The molecule has 0 aromatic heterocycles. The molecule has 0 fully saturated rings. The minimum atomic E-state index is -4.63. The van der Waals surface area contributed by atoms with E-state index < -0.39 is 32.8 Å². The Kier molecular flexibility index (Phi) is 27.3. The van der Waals surface area contributed by atoms with Crippen LogP contribution in [0.1, 0.15) is 71.9 Å². The van der Waals surface area contributed by atoms with Gasteiger partial charge in [0, 0.05) is 67.1 Å². The average Bonchev–Trinajstić information content (AvgIpc) is 2.93. The normalized spacial score (nSPS) is 13.2. The molecule has 270 valence electrons. The molecule has 3 atom stereocenters. The zero-order valence-corrected chi connectivity index (χ0v) is 29.4. The summed E-state index contributed by atoms with van der Waals surface area (Å²) in [5, 5.41) is 35.9. The van der Waals surface area contributed by atoms with Crippen LogP contribution in [0.4, 0.5) is 0 Å². The second-order valence-electron chi connectivity index (χ2n) is 10.1. The summed E-state index contributed by atoms with van der Waals surface area (Å²) in [7, 11) is -9.25. The predicted octanol–water partition coefficient (Wildman–Crippen LogP) is 3.97. The van der Waals surface area contributed by atoms with Crippen LogP contribution in [-0.4, -0.2) is 93.7 Å². The van der Waals surface area contributed by atoms with E-state index in [0.29, 0.717) is 36.9 Å². The molecule has 3 unspecified atom stereocenters. The second-order valence-corrected chi connectivity index (χ2v) is 13.8. The molecule has 0 bridgehead atoms. The van der Waals surface area contributed by atoms with Gasteiger partial charge in [-0.25, -0.2) is 0 Å². The molecule has 0 saturated carbocycles. The van der Waals surface area contributed by atoms with Crippen molar-refractivity contribution in [1.29, 1.82) is 0 Å². The molecule has 0 aliphatic heterocycles. The Hall–Kier alpha value is -1.34. The number of aliphatic hydroxyl groups is 2. The Labute approximate surface area is 285 Å². The first-order chi connectivity index (χ1) is 20.6. The van der Waals surface area contributed by atoms with Gasteiger partial charge in [-0.3, -0.25) is 18.9 Å². The van der Waals surface area contributed by atoms with Crippen molar-refractivity contribution in [3.05, 3.63) is 59.7 Å². The zero-order valence-electron chi connectivity index (χ0n) is 26.5. The van der Waals surface area contributed by atoms with Crippen molar-refractivity contribution in [2.24, 2.45) is 5.73 Å². The van der Waals surface area contributed by atoms with Crippen LogP contribution in [0.25, 0.3) is 0 Å². The minimum Gasteiger partial charge on any atom is -0.508 e. The first kappa shape index (κ1) is 49.1. The largest absolute Gasteiger partial charge is 0.508 e. The van der Waals surface area contributed by atoms with E-state index in [0.717, 1.165) is 0 Å². The molecule has 2 aromatic carbocycles. The van der Waals surface area contributed by atoms with Crippen LogP contribution in [0.5, 0.6) is 11.5 Å². The first-order valence-electron chi connectivity index (χ1n) is 14.7. The number of benzene rings is 2. The number of hydrogen-bond acceptors (Lipinski definition) is 9. The van der Waals surface area contributed by atoms with Crippen LogP contribution in [0.2, 0.25) is 0 Å². The third kappa shape index (κ3) is 18.3. The molecule has 46 heavy (non-hydrogen) atoms. The fourth-order valence-corrected chi connectivity index (χ4v) is 6.36. The number of hydrogen-bond donors (Lipinski definition) is 9. The van der Waals surface area contributed by atoms with Crippen molar-refractivity contribution in [2.75, 3.05) is 26.3 Å². The van der Waals surface area contributed by atoms with Gasteiger partial charge in [0.05, 0.1) is 0 Å². The van der Waals surface area contributed by atoms with Gasteiger partial charge in [0.25, 0.3) is 0 Å². The van der Waals surface area contributed by atoms with E-state index in [1.165, 1.54) is 19.1 Å². The van der Waals surface area contributed by atoms with Gasteiger partial charge in [0.15, 0.2) is 0 Å². The molecule has 13 nitrogen and oxygen atoms in total. The quantitative estimate of drug-likeness (QED) is 0.0676. The Morgan fingerprint density at radius 3 is 1.59 bits per heavy atom. The number of phenols is 2. The monoisotopic (exact) mass is 737 g/mol. The molecule has 0 saturated heterocycles. The first-order valence-corrected chi connectivity index (χ1v) is 18.0. The fraction of sp³-hybridized carbons (Fsp3) is 0.600. The Bertz CT molecular complexity index is 1150. The van der Waals surface area contributed by atoms with Crippen molar-refractivity contribution in [2.45, 2.75) is 91.5 Å². The fourth-order valence-electron chi connectivity index (χ4n) is 4.62. The molecular weight excluding hydrogens is 680 g/mol. The van der Waals surface area contributed by atoms with E-state index in [4.69, 9.17) is 15.9 Å². The van der Waals surface area contributed by atoms with Crippen LogP contribution in [0.3, 0.4) is 0 Å². The Morgan fingerprint density at radius 2 is 1.22 bits per heavy atom. The smallest absolute Gasteiger partial charge is 0.342 e. The topological polar surface area (TPSA) is 228 Å². The van der Waals surface area contributed by atoms with Crippen molar-refractivity contribution >= 4 is 15.2 Å². The number of nitrogens with zero attached hydrogens (tertiary/aromatic N) is 2. The third-order valence-corrected chi connectivity index (χ3v) is 9.50. The van der Waals surface area contributed by atoms with Gasteiger partial charge < -0.3 is 45.7 Å². The number of para-hydroxylation sites is 2. The number of phenolic OH excluding ortho intramolecular Hbond substituents is 2. The number of nitrogens with two attached hydrogens (primary N) is 1. The van der Waals surface area contributed by atoms with E-state index in [9.17, 15) is 38.9 Å². The molecule has 2 aromatic rings. The van der Waals surface area contributed by atoms with Crippen LogP contribution in [0.15, 0.2) is 48.5 Å². The minimum absolute atomic E-state index is 0. The van der Waals surface area contributed by atoms with Gasteiger partial charge in [-0.05, 0) is 58.7 Å². The molecule has 0 aliphatic carbocycles. The molecular formula is C30H57FeN3O10P2. The van der Waals surface area contributed by atoms with E-state index in [-0.39, 0.29) is 75.3 Å². The molecule has 0 amide bonds. The maximum absolute atomic E-state index is 12.5. The molecule has 2 rings (SSSR count). The van der Waals surface area contributed by atoms with Crippen LogP contribution in [-0.2, 0) is 39.3 Å². The van der Waals surface area contributed by atoms with E-state index >= 15 is 0 Å². The van der Waals surface area contributed by atoms with Crippen LogP contribution < -0.4 is 5.73 Å². The van der Waals surface area contributed by atoms with Crippen LogP contribution in [0, 0.1) is 0 Å². The van der Waals surface area contributed by atoms with E-state index in [1.54, 1.807) is 67.0 Å². The summed E-state index contributed by atoms with van der Waals surface area (Å²) >= 11 is 0.